The largest absolute Gasteiger partial charge is 0.341 e. The van der Waals surface area contributed by atoms with Crippen LogP contribution in [-0.2, 0) is 24.2 Å². The topological polar surface area (TPSA) is 116 Å². The van der Waals surface area contributed by atoms with Gasteiger partial charge in [-0.3, -0.25) is 14.4 Å². The van der Waals surface area contributed by atoms with Crippen LogP contribution in [0.5, 0.6) is 0 Å². The van der Waals surface area contributed by atoms with Crippen molar-refractivity contribution in [2.24, 2.45) is 5.10 Å². The van der Waals surface area contributed by atoms with Crippen molar-refractivity contribution < 1.29 is 22.8 Å². The van der Waals surface area contributed by atoms with Crippen LogP contribution in [0.15, 0.2) is 35.4 Å². The lowest BCUT2D eigenvalue weighted by molar-refractivity contribution is -0.135. The number of benzene rings is 1. The molecule has 166 valence electrons. The summed E-state index contributed by atoms with van der Waals surface area (Å²) in [7, 11) is -3.20. The molecule has 0 saturated carbocycles. The van der Waals surface area contributed by atoms with E-state index < -0.39 is 27.8 Å². The smallest absolute Gasteiger partial charge is 0.268 e. The molecular formula is C21H26N4O5S. The van der Waals surface area contributed by atoms with Crippen LogP contribution in [0.25, 0.3) is 0 Å². The molecule has 0 spiro atoms. The standard InChI is InChI=1S/C21H26N4O5S/c26-18-9-8-17(23-25(18)16-10-13-31(29,30)14-16)20(27)22-19(15-6-2-1-3-7-15)21(28)24-11-4-5-12-24/h1-3,6-7,16,19H,4-5,8-14H2,(H,22,27). The van der Waals surface area contributed by atoms with E-state index in [1.807, 2.05) is 18.2 Å². The van der Waals surface area contributed by atoms with Gasteiger partial charge in [0.25, 0.3) is 5.91 Å². The molecule has 1 aromatic carbocycles. The molecule has 31 heavy (non-hydrogen) atoms. The molecule has 1 aromatic rings. The third kappa shape index (κ3) is 4.79. The van der Waals surface area contributed by atoms with Gasteiger partial charge >= 0.3 is 0 Å². The molecular weight excluding hydrogens is 420 g/mol. The van der Waals surface area contributed by atoms with Crippen molar-refractivity contribution in [2.75, 3.05) is 24.6 Å². The monoisotopic (exact) mass is 446 g/mol. The summed E-state index contributed by atoms with van der Waals surface area (Å²) in [4.78, 5) is 40.2. The van der Waals surface area contributed by atoms with Crippen LogP contribution < -0.4 is 5.32 Å². The summed E-state index contributed by atoms with van der Waals surface area (Å²) in [5, 5.41) is 8.17. The Morgan fingerprint density at radius 3 is 2.45 bits per heavy atom. The zero-order valence-corrected chi connectivity index (χ0v) is 18.0. The molecule has 2 unspecified atom stereocenters. The maximum absolute atomic E-state index is 13.1. The van der Waals surface area contributed by atoms with Gasteiger partial charge in [-0.25, -0.2) is 13.4 Å². The van der Waals surface area contributed by atoms with Crippen molar-refractivity contribution in [1.29, 1.82) is 0 Å². The highest BCUT2D eigenvalue weighted by molar-refractivity contribution is 7.91. The van der Waals surface area contributed by atoms with E-state index in [0.29, 0.717) is 25.1 Å². The highest BCUT2D eigenvalue weighted by Gasteiger charge is 2.38. The van der Waals surface area contributed by atoms with Crippen molar-refractivity contribution in [3.63, 3.8) is 0 Å². The van der Waals surface area contributed by atoms with Gasteiger partial charge in [-0.2, -0.15) is 5.10 Å². The van der Waals surface area contributed by atoms with Gasteiger partial charge in [0.05, 0.1) is 17.5 Å². The van der Waals surface area contributed by atoms with E-state index in [1.165, 1.54) is 0 Å². The van der Waals surface area contributed by atoms with E-state index in [2.05, 4.69) is 10.4 Å². The molecule has 2 saturated heterocycles. The van der Waals surface area contributed by atoms with E-state index >= 15 is 0 Å². The summed E-state index contributed by atoms with van der Waals surface area (Å²) in [6.45, 7) is 1.33. The summed E-state index contributed by atoms with van der Waals surface area (Å²) in [5.41, 5.74) is 0.818. The van der Waals surface area contributed by atoms with Gasteiger partial charge in [-0.1, -0.05) is 30.3 Å². The molecule has 3 aliphatic rings. The highest BCUT2D eigenvalue weighted by Crippen LogP contribution is 2.23. The molecule has 4 rings (SSSR count). The summed E-state index contributed by atoms with van der Waals surface area (Å²) in [6, 6.07) is 7.66. The number of amides is 3. The number of hydrazone groups is 1. The lowest BCUT2D eigenvalue weighted by Crippen LogP contribution is -2.47. The van der Waals surface area contributed by atoms with Gasteiger partial charge in [0.2, 0.25) is 11.8 Å². The molecule has 2 fully saturated rings. The van der Waals surface area contributed by atoms with Crippen molar-refractivity contribution >= 4 is 33.3 Å². The minimum atomic E-state index is -3.20. The van der Waals surface area contributed by atoms with Crippen LogP contribution in [0.2, 0.25) is 0 Å². The molecule has 2 atom stereocenters. The maximum Gasteiger partial charge on any atom is 0.268 e. The summed E-state index contributed by atoms with van der Waals surface area (Å²) >= 11 is 0. The lowest BCUT2D eigenvalue weighted by Gasteiger charge is -2.29. The second kappa shape index (κ2) is 8.78. The molecule has 3 amide bonds. The average Bonchev–Trinajstić information content (AvgIpc) is 3.42. The number of hydrogen-bond acceptors (Lipinski definition) is 6. The Morgan fingerprint density at radius 2 is 1.81 bits per heavy atom. The van der Waals surface area contributed by atoms with Gasteiger partial charge < -0.3 is 10.2 Å². The fourth-order valence-corrected chi connectivity index (χ4v) is 5.95. The minimum Gasteiger partial charge on any atom is -0.341 e. The molecule has 3 aliphatic heterocycles. The highest BCUT2D eigenvalue weighted by atomic mass is 32.2. The predicted molar refractivity (Wildman–Crippen MR) is 114 cm³/mol. The maximum atomic E-state index is 13.1. The zero-order chi connectivity index (χ0) is 22.0. The predicted octanol–water partition coefficient (Wildman–Crippen LogP) is 0.632. The Kier molecular flexibility index (Phi) is 6.08. The molecule has 0 radical (unpaired) electrons. The van der Waals surface area contributed by atoms with Crippen LogP contribution in [0.1, 0.15) is 43.7 Å². The number of rotatable bonds is 5. The van der Waals surface area contributed by atoms with Crippen LogP contribution in [0, 0.1) is 0 Å². The molecule has 3 heterocycles. The fourth-order valence-electron chi connectivity index (χ4n) is 4.26. The minimum absolute atomic E-state index is 0.0128. The van der Waals surface area contributed by atoms with Crippen molar-refractivity contribution in [3.05, 3.63) is 35.9 Å². The number of nitrogens with one attached hydrogen (secondary N) is 1. The quantitative estimate of drug-likeness (QED) is 0.712. The Labute approximate surface area is 181 Å². The molecule has 10 heteroatoms. The lowest BCUT2D eigenvalue weighted by atomic mass is 10.0. The first-order chi connectivity index (χ1) is 14.8. The number of hydrogen-bond donors (Lipinski definition) is 1. The second-order valence-corrected chi connectivity index (χ2v) is 10.4. The number of carbonyl (C=O) groups excluding carboxylic acids is 3. The summed E-state index contributed by atoms with van der Waals surface area (Å²) in [6.07, 6.45) is 2.43. The molecule has 0 aliphatic carbocycles. The molecule has 0 aromatic heterocycles. The van der Waals surface area contributed by atoms with E-state index in [0.717, 1.165) is 17.9 Å². The van der Waals surface area contributed by atoms with Gasteiger partial charge in [0.15, 0.2) is 9.84 Å². The summed E-state index contributed by atoms with van der Waals surface area (Å²) in [5.74, 6) is -1.09. The van der Waals surface area contributed by atoms with Gasteiger partial charge in [0.1, 0.15) is 11.8 Å². The number of nitrogens with zero attached hydrogens (tertiary/aromatic N) is 3. The first-order valence-electron chi connectivity index (χ1n) is 10.6. The van der Waals surface area contributed by atoms with E-state index in [9.17, 15) is 22.8 Å². The van der Waals surface area contributed by atoms with E-state index in [4.69, 9.17) is 0 Å². The van der Waals surface area contributed by atoms with Crippen molar-refractivity contribution in [3.8, 4) is 0 Å². The van der Waals surface area contributed by atoms with Crippen LogP contribution in [0.4, 0.5) is 0 Å². The number of carbonyl (C=O) groups is 3. The molecule has 0 bridgehead atoms. The SMILES string of the molecule is O=C(NC(C(=O)N1CCCC1)c1ccccc1)C1=NN(C2CCS(=O)(=O)C2)C(=O)CC1. The number of likely N-dealkylation sites (tertiary alicyclic amines) is 1. The number of sulfone groups is 1. The van der Waals surface area contributed by atoms with E-state index in [-0.39, 0.29) is 41.9 Å². The van der Waals surface area contributed by atoms with Crippen LogP contribution in [-0.4, -0.2) is 72.4 Å². The van der Waals surface area contributed by atoms with Gasteiger partial charge in [0, 0.05) is 25.9 Å². The third-order valence-corrected chi connectivity index (χ3v) is 7.70. The van der Waals surface area contributed by atoms with E-state index in [1.54, 1.807) is 17.0 Å². The second-order valence-electron chi connectivity index (χ2n) is 8.19. The summed E-state index contributed by atoms with van der Waals surface area (Å²) < 4.78 is 23.6. The Morgan fingerprint density at radius 1 is 1.10 bits per heavy atom. The zero-order valence-electron chi connectivity index (χ0n) is 17.2. The Hall–Kier alpha value is -2.75. The van der Waals surface area contributed by atoms with Crippen molar-refractivity contribution in [2.45, 2.75) is 44.2 Å². The molecule has 9 nitrogen and oxygen atoms in total. The van der Waals surface area contributed by atoms with Crippen LogP contribution in [0.3, 0.4) is 0 Å². The first kappa shape index (κ1) is 21.5. The van der Waals surface area contributed by atoms with Crippen LogP contribution >= 0.6 is 0 Å². The average molecular weight is 447 g/mol. The third-order valence-electron chi connectivity index (χ3n) is 5.95. The van der Waals surface area contributed by atoms with Crippen molar-refractivity contribution in [1.82, 2.24) is 15.2 Å². The fraction of sp³-hybridized carbons (Fsp3) is 0.524. The first-order valence-corrected chi connectivity index (χ1v) is 12.4. The molecule has 1 N–H and O–H groups in total. The Bertz CT molecular complexity index is 1000. The normalized spacial score (nSPS) is 24.1. The van der Waals surface area contributed by atoms with Gasteiger partial charge in [-0.05, 0) is 24.8 Å². The Balaban J connectivity index is 1.54. The van der Waals surface area contributed by atoms with Gasteiger partial charge in [-0.15, -0.1) is 0 Å².